The molecule has 0 atom stereocenters. The van der Waals surface area contributed by atoms with E-state index in [1.54, 1.807) is 18.2 Å². The molecule has 2 aromatic rings. The smallest absolute Gasteiger partial charge is 0.265 e. The number of carbonyl (C=O) groups is 2. The Labute approximate surface area is 153 Å². The second kappa shape index (κ2) is 7.29. The zero-order valence-corrected chi connectivity index (χ0v) is 14.4. The standard InChI is InChI=1S/C17H13Cl2FN2O3/c18-11-2-4-15-14(5-11)22(17(24)9-25-15)8-16(23)21-7-10-1-3-12(20)6-13(10)19/h1-6H,7-9H2,(H,21,23). The molecule has 5 nitrogen and oxygen atoms in total. The van der Waals surface area contributed by atoms with E-state index in [9.17, 15) is 14.0 Å². The van der Waals surface area contributed by atoms with E-state index in [1.165, 1.54) is 23.1 Å². The molecule has 0 aromatic heterocycles. The second-order valence-corrected chi connectivity index (χ2v) is 6.24. The second-order valence-electron chi connectivity index (χ2n) is 5.39. The van der Waals surface area contributed by atoms with Gasteiger partial charge in [0.05, 0.1) is 5.69 Å². The molecule has 0 saturated carbocycles. The zero-order valence-electron chi connectivity index (χ0n) is 12.9. The zero-order chi connectivity index (χ0) is 18.0. The van der Waals surface area contributed by atoms with E-state index >= 15 is 0 Å². The van der Waals surface area contributed by atoms with E-state index in [4.69, 9.17) is 27.9 Å². The number of amides is 2. The van der Waals surface area contributed by atoms with Crippen molar-refractivity contribution in [3.8, 4) is 5.75 Å². The summed E-state index contributed by atoms with van der Waals surface area (Å²) in [6.07, 6.45) is 0. The summed E-state index contributed by atoms with van der Waals surface area (Å²) in [4.78, 5) is 25.6. The molecule has 8 heteroatoms. The van der Waals surface area contributed by atoms with Crippen LogP contribution in [0.2, 0.25) is 10.0 Å². The number of carbonyl (C=O) groups excluding carboxylic acids is 2. The first-order valence-electron chi connectivity index (χ1n) is 7.37. The van der Waals surface area contributed by atoms with E-state index in [2.05, 4.69) is 5.32 Å². The summed E-state index contributed by atoms with van der Waals surface area (Å²) < 4.78 is 18.4. The molecule has 130 valence electrons. The van der Waals surface area contributed by atoms with Gasteiger partial charge in [-0.25, -0.2) is 4.39 Å². The largest absolute Gasteiger partial charge is 0.482 e. The van der Waals surface area contributed by atoms with Gasteiger partial charge in [0.1, 0.15) is 18.1 Å². The Hall–Kier alpha value is -2.31. The molecule has 0 aliphatic carbocycles. The highest BCUT2D eigenvalue weighted by atomic mass is 35.5. The molecular weight excluding hydrogens is 370 g/mol. The van der Waals surface area contributed by atoms with Crippen LogP contribution in [0, 0.1) is 5.82 Å². The first-order chi connectivity index (χ1) is 11.9. The number of benzene rings is 2. The maximum atomic E-state index is 13.0. The fourth-order valence-electron chi connectivity index (χ4n) is 2.41. The minimum atomic E-state index is -0.451. The molecule has 0 bridgehead atoms. The molecule has 0 radical (unpaired) electrons. The number of hydrogen-bond donors (Lipinski definition) is 1. The maximum absolute atomic E-state index is 13.0. The summed E-state index contributed by atoms with van der Waals surface area (Å²) >= 11 is 11.9. The number of rotatable bonds is 4. The highest BCUT2D eigenvalue weighted by molar-refractivity contribution is 6.31. The van der Waals surface area contributed by atoms with Gasteiger partial charge in [-0.3, -0.25) is 14.5 Å². The molecule has 1 N–H and O–H groups in total. The lowest BCUT2D eigenvalue weighted by atomic mass is 10.2. The van der Waals surface area contributed by atoms with Gasteiger partial charge >= 0.3 is 0 Å². The Bertz CT molecular complexity index is 845. The first kappa shape index (κ1) is 17.5. The van der Waals surface area contributed by atoms with Crippen molar-refractivity contribution in [2.24, 2.45) is 0 Å². The van der Waals surface area contributed by atoms with Gasteiger partial charge in [0.25, 0.3) is 5.91 Å². The molecule has 2 aromatic carbocycles. The van der Waals surface area contributed by atoms with Crippen molar-refractivity contribution in [1.82, 2.24) is 5.32 Å². The van der Waals surface area contributed by atoms with Crippen molar-refractivity contribution >= 4 is 40.7 Å². The van der Waals surface area contributed by atoms with Gasteiger partial charge < -0.3 is 10.1 Å². The van der Waals surface area contributed by atoms with Crippen LogP contribution in [0.5, 0.6) is 5.75 Å². The molecule has 1 heterocycles. The predicted molar refractivity (Wildman–Crippen MR) is 92.6 cm³/mol. The molecule has 1 aliphatic rings. The highest BCUT2D eigenvalue weighted by Crippen LogP contribution is 2.34. The minimum Gasteiger partial charge on any atom is -0.482 e. The van der Waals surface area contributed by atoms with Gasteiger partial charge in [0.15, 0.2) is 6.61 Å². The van der Waals surface area contributed by atoms with Crippen LogP contribution >= 0.6 is 23.2 Å². The molecule has 25 heavy (non-hydrogen) atoms. The van der Waals surface area contributed by atoms with Gasteiger partial charge in [0.2, 0.25) is 5.91 Å². The van der Waals surface area contributed by atoms with Crippen LogP contribution in [0.1, 0.15) is 5.56 Å². The summed E-state index contributed by atoms with van der Waals surface area (Å²) in [6, 6.07) is 8.78. The minimum absolute atomic E-state index is 0.124. The Balaban J connectivity index is 1.68. The summed E-state index contributed by atoms with van der Waals surface area (Å²) in [5.41, 5.74) is 1.02. The number of halogens is 3. The molecule has 0 spiro atoms. The lowest BCUT2D eigenvalue weighted by molar-refractivity contribution is -0.125. The van der Waals surface area contributed by atoms with E-state index in [0.717, 1.165) is 0 Å². The third-order valence-corrected chi connectivity index (χ3v) is 4.24. The van der Waals surface area contributed by atoms with E-state index in [1.807, 2.05) is 0 Å². The van der Waals surface area contributed by atoms with Crippen LogP contribution in [0.25, 0.3) is 0 Å². The summed E-state index contributed by atoms with van der Waals surface area (Å²) in [6.45, 7) is -0.209. The van der Waals surface area contributed by atoms with Crippen molar-refractivity contribution < 1.29 is 18.7 Å². The number of nitrogens with zero attached hydrogens (tertiary/aromatic N) is 1. The molecule has 1 aliphatic heterocycles. The van der Waals surface area contributed by atoms with Gasteiger partial charge in [-0.15, -0.1) is 0 Å². The average Bonchev–Trinajstić information content (AvgIpc) is 2.57. The number of nitrogens with one attached hydrogen (secondary N) is 1. The monoisotopic (exact) mass is 382 g/mol. The van der Waals surface area contributed by atoms with Crippen LogP contribution in [0.15, 0.2) is 36.4 Å². The van der Waals surface area contributed by atoms with Crippen LogP contribution in [0.4, 0.5) is 10.1 Å². The van der Waals surface area contributed by atoms with Gasteiger partial charge in [0, 0.05) is 16.6 Å². The Kier molecular flexibility index (Phi) is 5.11. The Morgan fingerprint density at radius 1 is 1.24 bits per heavy atom. The van der Waals surface area contributed by atoms with Crippen molar-refractivity contribution in [1.29, 1.82) is 0 Å². The summed E-state index contributed by atoms with van der Waals surface area (Å²) in [7, 11) is 0. The molecule has 2 amide bonds. The van der Waals surface area contributed by atoms with Crippen LogP contribution < -0.4 is 15.0 Å². The van der Waals surface area contributed by atoms with Crippen molar-refractivity contribution in [3.05, 3.63) is 57.8 Å². The maximum Gasteiger partial charge on any atom is 0.265 e. The van der Waals surface area contributed by atoms with Crippen molar-refractivity contribution in [2.75, 3.05) is 18.1 Å². The summed E-state index contributed by atoms with van der Waals surface area (Å²) in [5, 5.41) is 3.31. The van der Waals surface area contributed by atoms with Crippen LogP contribution in [0.3, 0.4) is 0 Å². The number of anilines is 1. The van der Waals surface area contributed by atoms with Gasteiger partial charge in [-0.2, -0.15) is 0 Å². The SMILES string of the molecule is O=C(CN1C(=O)COc2ccc(Cl)cc21)NCc1ccc(F)cc1Cl. The Morgan fingerprint density at radius 3 is 2.80 bits per heavy atom. The molecule has 0 fully saturated rings. The Morgan fingerprint density at radius 2 is 2.04 bits per heavy atom. The predicted octanol–water partition coefficient (Wildman–Crippen LogP) is 3.17. The molecule has 0 saturated heterocycles. The molecular formula is C17H13Cl2FN2O3. The number of hydrogen-bond acceptors (Lipinski definition) is 3. The van der Waals surface area contributed by atoms with E-state index in [0.29, 0.717) is 22.0 Å². The van der Waals surface area contributed by atoms with Gasteiger partial charge in [-0.1, -0.05) is 29.3 Å². The van der Waals surface area contributed by atoms with Gasteiger partial charge in [-0.05, 0) is 35.9 Å². The summed E-state index contributed by atoms with van der Waals surface area (Å²) in [5.74, 6) is -0.697. The fourth-order valence-corrected chi connectivity index (χ4v) is 2.81. The lowest BCUT2D eigenvalue weighted by Gasteiger charge is -2.29. The van der Waals surface area contributed by atoms with Crippen LogP contribution in [-0.4, -0.2) is 25.0 Å². The molecule has 0 unspecified atom stereocenters. The van der Waals surface area contributed by atoms with E-state index < -0.39 is 5.82 Å². The quantitative estimate of drug-likeness (QED) is 0.883. The number of fused-ring (bicyclic) bond motifs is 1. The fraction of sp³-hybridized carbons (Fsp3) is 0.176. The van der Waals surface area contributed by atoms with Crippen molar-refractivity contribution in [2.45, 2.75) is 6.54 Å². The average molecular weight is 383 g/mol. The molecule has 3 rings (SSSR count). The lowest BCUT2D eigenvalue weighted by Crippen LogP contribution is -2.45. The third-order valence-electron chi connectivity index (χ3n) is 3.66. The normalized spacial score (nSPS) is 13.2. The first-order valence-corrected chi connectivity index (χ1v) is 8.13. The van der Waals surface area contributed by atoms with E-state index in [-0.39, 0.29) is 36.5 Å². The third kappa shape index (κ3) is 4.03. The highest BCUT2D eigenvalue weighted by Gasteiger charge is 2.27. The van der Waals surface area contributed by atoms with Crippen LogP contribution in [-0.2, 0) is 16.1 Å². The van der Waals surface area contributed by atoms with Crippen molar-refractivity contribution in [3.63, 3.8) is 0 Å². The number of ether oxygens (including phenoxy) is 1. The topological polar surface area (TPSA) is 58.6 Å².